The molecule has 0 saturated carbocycles. The van der Waals surface area contributed by atoms with Crippen molar-refractivity contribution in [3.8, 4) is 5.75 Å². The fraction of sp³-hybridized carbons (Fsp3) is 0.611. The van der Waals surface area contributed by atoms with Crippen LogP contribution in [-0.2, 0) is 4.79 Å². The lowest BCUT2D eigenvalue weighted by Gasteiger charge is -2.32. The number of nitrogens with one attached hydrogen (secondary N) is 1. The van der Waals surface area contributed by atoms with Crippen LogP contribution in [0.25, 0.3) is 0 Å². The summed E-state index contributed by atoms with van der Waals surface area (Å²) in [5, 5.41) is 3.71. The zero-order chi connectivity index (χ0) is 16.7. The Morgan fingerprint density at radius 1 is 1.43 bits per heavy atom. The average molecular weight is 339 g/mol. The number of nitrogens with zero attached hydrogens (tertiary/aromatic N) is 1. The molecule has 23 heavy (non-hydrogen) atoms. The summed E-state index contributed by atoms with van der Waals surface area (Å²) >= 11 is 5.93. The van der Waals surface area contributed by atoms with Crippen LogP contribution >= 0.6 is 11.6 Å². The molecule has 1 N–H and O–H groups in total. The van der Waals surface area contributed by atoms with Gasteiger partial charge in [0.15, 0.2) is 6.10 Å². The van der Waals surface area contributed by atoms with E-state index in [-0.39, 0.29) is 11.9 Å². The van der Waals surface area contributed by atoms with Crippen LogP contribution in [-0.4, -0.2) is 42.6 Å². The Bertz CT molecular complexity index is 502. The topological polar surface area (TPSA) is 41.6 Å². The first-order chi connectivity index (χ1) is 11.1. The molecule has 0 bridgehead atoms. The van der Waals surface area contributed by atoms with Crippen molar-refractivity contribution >= 4 is 17.5 Å². The highest BCUT2D eigenvalue weighted by Gasteiger charge is 2.23. The van der Waals surface area contributed by atoms with Crippen molar-refractivity contribution in [1.29, 1.82) is 0 Å². The molecule has 0 unspecified atom stereocenters. The number of unbranched alkanes of at least 4 members (excludes halogenated alkanes) is 1. The minimum atomic E-state index is -0.522. The highest BCUT2D eigenvalue weighted by Crippen LogP contribution is 2.18. The van der Waals surface area contributed by atoms with Crippen LogP contribution in [0.4, 0.5) is 0 Å². The van der Waals surface area contributed by atoms with Crippen molar-refractivity contribution in [1.82, 2.24) is 10.2 Å². The number of carbonyl (C=O) groups excluding carboxylic acids is 1. The van der Waals surface area contributed by atoms with E-state index in [2.05, 4.69) is 17.1 Å². The van der Waals surface area contributed by atoms with Gasteiger partial charge >= 0.3 is 0 Å². The van der Waals surface area contributed by atoms with Crippen LogP contribution in [0.1, 0.15) is 39.5 Å². The maximum atomic E-state index is 12.3. The number of piperidine rings is 1. The molecule has 1 heterocycles. The molecule has 4 nitrogen and oxygen atoms in total. The van der Waals surface area contributed by atoms with E-state index in [1.54, 1.807) is 19.1 Å². The standard InChI is InChI=1S/C18H27ClN2O2/c1-3-4-10-21-11-8-16(9-12-21)20-18(22)14(2)23-17-7-5-6-15(19)13-17/h5-7,13-14,16H,3-4,8-12H2,1-2H3,(H,20,22)/t14-/m1/s1. The summed E-state index contributed by atoms with van der Waals surface area (Å²) in [6, 6.07) is 7.38. The molecule has 5 heteroatoms. The molecule has 128 valence electrons. The largest absolute Gasteiger partial charge is 0.481 e. The minimum absolute atomic E-state index is 0.0583. The van der Waals surface area contributed by atoms with Crippen molar-refractivity contribution in [2.24, 2.45) is 0 Å². The highest BCUT2D eigenvalue weighted by molar-refractivity contribution is 6.30. The van der Waals surface area contributed by atoms with Gasteiger partial charge < -0.3 is 15.0 Å². The van der Waals surface area contributed by atoms with Crippen molar-refractivity contribution in [2.45, 2.75) is 51.7 Å². The molecule has 0 aromatic heterocycles. The second-order valence-electron chi connectivity index (χ2n) is 6.20. The van der Waals surface area contributed by atoms with E-state index in [1.807, 2.05) is 12.1 Å². The molecule has 1 aromatic rings. The number of halogens is 1. The Balaban J connectivity index is 1.74. The van der Waals surface area contributed by atoms with Crippen LogP contribution in [0, 0.1) is 0 Å². The molecule has 0 aliphatic carbocycles. The molecule has 1 aliphatic heterocycles. The van der Waals surface area contributed by atoms with Gasteiger partial charge in [0.2, 0.25) is 0 Å². The van der Waals surface area contributed by atoms with Gasteiger partial charge in [-0.3, -0.25) is 4.79 Å². The third-order valence-electron chi connectivity index (χ3n) is 4.24. The van der Waals surface area contributed by atoms with E-state index in [0.717, 1.165) is 25.9 Å². The Hall–Kier alpha value is -1.26. The molecule has 2 rings (SSSR count). The molecular formula is C18H27ClN2O2. The lowest BCUT2D eigenvalue weighted by Crippen LogP contribution is -2.48. The minimum Gasteiger partial charge on any atom is -0.481 e. The maximum Gasteiger partial charge on any atom is 0.260 e. The van der Waals surface area contributed by atoms with Crippen molar-refractivity contribution in [3.05, 3.63) is 29.3 Å². The molecule has 1 fully saturated rings. The van der Waals surface area contributed by atoms with Crippen LogP contribution < -0.4 is 10.1 Å². The summed E-state index contributed by atoms with van der Waals surface area (Å²) in [7, 11) is 0. The van der Waals surface area contributed by atoms with E-state index in [4.69, 9.17) is 16.3 Å². The number of hydrogen-bond acceptors (Lipinski definition) is 3. The van der Waals surface area contributed by atoms with Crippen LogP contribution in [0.3, 0.4) is 0 Å². The second-order valence-corrected chi connectivity index (χ2v) is 6.63. The van der Waals surface area contributed by atoms with Gasteiger partial charge in [0.1, 0.15) is 5.75 Å². The van der Waals surface area contributed by atoms with E-state index in [9.17, 15) is 4.79 Å². The fourth-order valence-corrected chi connectivity index (χ4v) is 2.98. The number of rotatable bonds is 7. The lowest BCUT2D eigenvalue weighted by molar-refractivity contribution is -0.128. The molecular weight excluding hydrogens is 312 g/mol. The van der Waals surface area contributed by atoms with Gasteiger partial charge in [0, 0.05) is 24.2 Å². The number of carbonyl (C=O) groups is 1. The Kier molecular flexibility index (Phi) is 7.18. The molecule has 1 saturated heterocycles. The van der Waals surface area contributed by atoms with E-state index >= 15 is 0 Å². The lowest BCUT2D eigenvalue weighted by atomic mass is 10.0. The smallest absolute Gasteiger partial charge is 0.260 e. The van der Waals surface area contributed by atoms with Gasteiger partial charge in [-0.05, 0) is 50.9 Å². The van der Waals surface area contributed by atoms with E-state index in [1.165, 1.54) is 19.4 Å². The van der Waals surface area contributed by atoms with Crippen LogP contribution in [0.15, 0.2) is 24.3 Å². The number of benzene rings is 1. The molecule has 1 amide bonds. The van der Waals surface area contributed by atoms with Crippen molar-refractivity contribution < 1.29 is 9.53 Å². The van der Waals surface area contributed by atoms with E-state index < -0.39 is 6.10 Å². The Morgan fingerprint density at radius 2 is 2.17 bits per heavy atom. The fourth-order valence-electron chi connectivity index (χ4n) is 2.80. The van der Waals surface area contributed by atoms with Crippen molar-refractivity contribution in [3.63, 3.8) is 0 Å². The summed E-state index contributed by atoms with van der Waals surface area (Å²) in [6.07, 6.45) is 3.99. The zero-order valence-corrected chi connectivity index (χ0v) is 14.8. The van der Waals surface area contributed by atoms with E-state index in [0.29, 0.717) is 10.8 Å². The third kappa shape index (κ3) is 6.04. The summed E-state index contributed by atoms with van der Waals surface area (Å²) in [5.41, 5.74) is 0. The van der Waals surface area contributed by atoms with Crippen molar-refractivity contribution in [2.75, 3.05) is 19.6 Å². The summed E-state index contributed by atoms with van der Waals surface area (Å²) < 4.78 is 5.67. The summed E-state index contributed by atoms with van der Waals surface area (Å²) in [6.45, 7) is 7.29. The quantitative estimate of drug-likeness (QED) is 0.827. The zero-order valence-electron chi connectivity index (χ0n) is 14.1. The number of likely N-dealkylation sites (tertiary alicyclic amines) is 1. The molecule has 1 aliphatic rings. The molecule has 1 atom stereocenters. The van der Waals surface area contributed by atoms with Gasteiger partial charge in [-0.25, -0.2) is 0 Å². The first kappa shape index (κ1) is 18.1. The normalized spacial score (nSPS) is 17.7. The maximum absolute atomic E-state index is 12.3. The van der Waals surface area contributed by atoms with Gasteiger partial charge in [-0.1, -0.05) is 31.0 Å². The summed E-state index contributed by atoms with van der Waals surface area (Å²) in [4.78, 5) is 14.8. The predicted octanol–water partition coefficient (Wildman–Crippen LogP) is 3.49. The molecule has 1 aromatic carbocycles. The van der Waals surface area contributed by atoms with Crippen LogP contribution in [0.5, 0.6) is 5.75 Å². The first-order valence-electron chi connectivity index (χ1n) is 8.53. The van der Waals surface area contributed by atoms with Gasteiger partial charge in [0.05, 0.1) is 0 Å². The second kappa shape index (κ2) is 9.14. The average Bonchev–Trinajstić information content (AvgIpc) is 2.54. The summed E-state index contributed by atoms with van der Waals surface area (Å²) in [5.74, 6) is 0.562. The SMILES string of the molecule is CCCCN1CCC(NC(=O)[C@@H](C)Oc2cccc(Cl)c2)CC1. The predicted molar refractivity (Wildman–Crippen MR) is 94.1 cm³/mol. The number of amides is 1. The first-order valence-corrected chi connectivity index (χ1v) is 8.91. The number of ether oxygens (including phenoxy) is 1. The van der Waals surface area contributed by atoms with Crippen LogP contribution in [0.2, 0.25) is 5.02 Å². The molecule has 0 spiro atoms. The van der Waals surface area contributed by atoms with Gasteiger partial charge in [0.25, 0.3) is 5.91 Å². The van der Waals surface area contributed by atoms with Gasteiger partial charge in [-0.15, -0.1) is 0 Å². The molecule has 0 radical (unpaired) electrons. The Morgan fingerprint density at radius 3 is 2.83 bits per heavy atom. The monoisotopic (exact) mass is 338 g/mol. The third-order valence-corrected chi connectivity index (χ3v) is 4.48. The van der Waals surface area contributed by atoms with Gasteiger partial charge in [-0.2, -0.15) is 0 Å². The highest BCUT2D eigenvalue weighted by atomic mass is 35.5. The Labute approximate surface area is 144 Å². The number of hydrogen-bond donors (Lipinski definition) is 1.